The van der Waals surface area contributed by atoms with Gasteiger partial charge in [-0.05, 0) is 37.1 Å². The fourth-order valence-electron chi connectivity index (χ4n) is 4.60. The Morgan fingerprint density at radius 3 is 2.88 bits per heavy atom. The van der Waals surface area contributed by atoms with Crippen LogP contribution in [0.25, 0.3) is 27.9 Å². The van der Waals surface area contributed by atoms with Gasteiger partial charge in [-0.25, -0.2) is 14.6 Å². The standard InChI is InChI=1S/C23H21F2N7/c24-23(25)32-12-15(9-29-32)20-11-27-19-6-4-17(22(19)30-20)14-3-5-18-21(8-14)31(13-28-18)16-2-1-7-26-10-16/h3-5,8-9,11-13,16,23,26H,1-2,6-7,10H2. The van der Waals surface area contributed by atoms with E-state index >= 15 is 0 Å². The molecule has 4 aromatic rings. The quantitative estimate of drug-likeness (QED) is 0.527. The molecule has 32 heavy (non-hydrogen) atoms. The molecule has 1 aliphatic heterocycles. The molecule has 0 saturated carbocycles. The Morgan fingerprint density at radius 1 is 1.12 bits per heavy atom. The lowest BCUT2D eigenvalue weighted by atomic mass is 10.0. The van der Waals surface area contributed by atoms with Gasteiger partial charge in [-0.1, -0.05) is 12.1 Å². The molecule has 1 aliphatic carbocycles. The second kappa shape index (κ2) is 7.59. The molecule has 0 amide bonds. The van der Waals surface area contributed by atoms with E-state index in [9.17, 15) is 8.78 Å². The molecule has 1 atom stereocenters. The minimum atomic E-state index is -2.68. The number of fused-ring (bicyclic) bond motifs is 2. The SMILES string of the molecule is FC(F)n1cc(-c2cnc3c(n2)C(c2ccc4ncn(C5CCCNC5)c4c2)=CC3)cn1. The minimum absolute atomic E-state index is 0.395. The maximum Gasteiger partial charge on any atom is 0.333 e. The first-order chi connectivity index (χ1) is 15.7. The van der Waals surface area contributed by atoms with Crippen LogP contribution in [0.4, 0.5) is 8.78 Å². The fourth-order valence-corrected chi connectivity index (χ4v) is 4.60. The monoisotopic (exact) mass is 433 g/mol. The summed E-state index contributed by atoms with van der Waals surface area (Å²) >= 11 is 0. The molecule has 4 heterocycles. The van der Waals surface area contributed by atoms with Crippen molar-refractivity contribution < 1.29 is 8.78 Å². The maximum absolute atomic E-state index is 12.9. The summed E-state index contributed by atoms with van der Waals surface area (Å²) in [5.41, 5.74) is 6.86. The number of nitrogens with zero attached hydrogens (tertiary/aromatic N) is 6. The summed E-state index contributed by atoms with van der Waals surface area (Å²) < 4.78 is 28.7. The predicted molar refractivity (Wildman–Crippen MR) is 116 cm³/mol. The number of halogens is 2. The molecule has 1 aromatic carbocycles. The average molecular weight is 433 g/mol. The topological polar surface area (TPSA) is 73.5 Å². The highest BCUT2D eigenvalue weighted by Gasteiger charge is 2.22. The molecule has 1 saturated heterocycles. The van der Waals surface area contributed by atoms with Crippen LogP contribution in [0, 0.1) is 0 Å². The van der Waals surface area contributed by atoms with Crippen molar-refractivity contribution >= 4 is 16.6 Å². The van der Waals surface area contributed by atoms with E-state index in [2.05, 4.69) is 43.2 Å². The molecular weight excluding hydrogens is 412 g/mol. The zero-order valence-electron chi connectivity index (χ0n) is 17.2. The first-order valence-corrected chi connectivity index (χ1v) is 10.7. The number of imidazole rings is 1. The van der Waals surface area contributed by atoms with Gasteiger partial charge < -0.3 is 9.88 Å². The lowest BCUT2D eigenvalue weighted by molar-refractivity contribution is 0.0566. The van der Waals surface area contributed by atoms with Crippen molar-refractivity contribution in [2.75, 3.05) is 13.1 Å². The van der Waals surface area contributed by atoms with Crippen LogP contribution in [-0.4, -0.2) is 42.4 Å². The Labute approximate surface area is 182 Å². The third-order valence-corrected chi connectivity index (χ3v) is 6.25. The van der Waals surface area contributed by atoms with E-state index < -0.39 is 6.55 Å². The summed E-state index contributed by atoms with van der Waals surface area (Å²) in [6.07, 6.45) is 11.3. The number of benzene rings is 1. The van der Waals surface area contributed by atoms with Gasteiger partial charge in [0.2, 0.25) is 0 Å². The molecule has 6 rings (SSSR count). The van der Waals surface area contributed by atoms with Crippen LogP contribution >= 0.6 is 0 Å². The summed E-state index contributed by atoms with van der Waals surface area (Å²) in [6.45, 7) is -0.671. The molecule has 1 N–H and O–H groups in total. The molecule has 9 heteroatoms. The first-order valence-electron chi connectivity index (χ1n) is 10.7. The highest BCUT2D eigenvalue weighted by atomic mass is 19.3. The largest absolute Gasteiger partial charge is 0.333 e. The van der Waals surface area contributed by atoms with Gasteiger partial charge in [0.15, 0.2) is 0 Å². The summed E-state index contributed by atoms with van der Waals surface area (Å²) in [5, 5.41) is 7.18. The summed E-state index contributed by atoms with van der Waals surface area (Å²) in [4.78, 5) is 13.9. The van der Waals surface area contributed by atoms with Crippen LogP contribution in [0.5, 0.6) is 0 Å². The minimum Gasteiger partial charge on any atom is -0.326 e. The van der Waals surface area contributed by atoms with Crippen LogP contribution in [0.3, 0.4) is 0 Å². The Kier molecular flexibility index (Phi) is 4.57. The molecule has 2 aliphatic rings. The second-order valence-electron chi connectivity index (χ2n) is 8.21. The third kappa shape index (κ3) is 3.20. The van der Waals surface area contributed by atoms with Crippen LogP contribution in [0.15, 0.2) is 49.2 Å². The molecule has 1 unspecified atom stereocenters. The number of hydrogen-bond donors (Lipinski definition) is 1. The van der Waals surface area contributed by atoms with Crippen molar-refractivity contribution in [2.24, 2.45) is 0 Å². The van der Waals surface area contributed by atoms with Gasteiger partial charge in [-0.3, -0.25) is 4.98 Å². The zero-order valence-corrected chi connectivity index (χ0v) is 17.2. The average Bonchev–Trinajstić information content (AvgIpc) is 3.56. The number of alkyl halides is 2. The predicted octanol–water partition coefficient (Wildman–Crippen LogP) is 4.00. The summed E-state index contributed by atoms with van der Waals surface area (Å²) in [5.74, 6) is 0. The fraction of sp³-hybridized carbons (Fsp3) is 0.304. The van der Waals surface area contributed by atoms with E-state index in [1.807, 2.05) is 12.4 Å². The van der Waals surface area contributed by atoms with Gasteiger partial charge in [0.1, 0.15) is 0 Å². The number of rotatable bonds is 4. The van der Waals surface area contributed by atoms with E-state index in [4.69, 9.17) is 4.98 Å². The zero-order chi connectivity index (χ0) is 21.7. The molecule has 162 valence electrons. The van der Waals surface area contributed by atoms with E-state index in [0.717, 1.165) is 59.5 Å². The molecule has 0 bridgehead atoms. The lowest BCUT2D eigenvalue weighted by Crippen LogP contribution is -2.31. The summed E-state index contributed by atoms with van der Waals surface area (Å²) in [7, 11) is 0. The van der Waals surface area contributed by atoms with Gasteiger partial charge >= 0.3 is 6.55 Å². The normalized spacial score (nSPS) is 18.3. The van der Waals surface area contributed by atoms with E-state index in [1.165, 1.54) is 12.4 Å². The van der Waals surface area contributed by atoms with Crippen molar-refractivity contribution in [3.05, 3.63) is 66.1 Å². The van der Waals surface area contributed by atoms with Crippen molar-refractivity contribution in [2.45, 2.75) is 31.9 Å². The Bertz CT molecular complexity index is 1330. The second-order valence-corrected chi connectivity index (χ2v) is 8.21. The number of piperidine rings is 1. The molecule has 0 spiro atoms. The Hall–Kier alpha value is -3.46. The van der Waals surface area contributed by atoms with Crippen LogP contribution in [0.1, 0.15) is 42.4 Å². The summed E-state index contributed by atoms with van der Waals surface area (Å²) in [6, 6.07) is 6.66. The highest BCUT2D eigenvalue weighted by molar-refractivity contribution is 5.88. The Balaban J connectivity index is 1.37. The van der Waals surface area contributed by atoms with E-state index in [-0.39, 0.29) is 0 Å². The molecule has 1 fully saturated rings. The van der Waals surface area contributed by atoms with Gasteiger partial charge in [0.05, 0.1) is 46.8 Å². The van der Waals surface area contributed by atoms with E-state index in [0.29, 0.717) is 28.4 Å². The number of aromatic nitrogens is 6. The number of hydrogen-bond acceptors (Lipinski definition) is 5. The van der Waals surface area contributed by atoms with Crippen LogP contribution in [0.2, 0.25) is 0 Å². The highest BCUT2D eigenvalue weighted by Crippen LogP contribution is 2.34. The van der Waals surface area contributed by atoms with Crippen LogP contribution in [-0.2, 0) is 6.42 Å². The molecule has 0 radical (unpaired) electrons. The molecule has 7 nitrogen and oxygen atoms in total. The third-order valence-electron chi connectivity index (χ3n) is 6.25. The van der Waals surface area contributed by atoms with Crippen molar-refractivity contribution in [1.82, 2.24) is 34.6 Å². The Morgan fingerprint density at radius 2 is 2.06 bits per heavy atom. The number of nitrogens with one attached hydrogen (secondary N) is 1. The van der Waals surface area contributed by atoms with Gasteiger partial charge in [-0.15, -0.1) is 0 Å². The number of allylic oxidation sites excluding steroid dienone is 1. The first kappa shape index (κ1) is 19.2. The lowest BCUT2D eigenvalue weighted by Gasteiger charge is -2.24. The molecule has 3 aromatic heterocycles. The van der Waals surface area contributed by atoms with Crippen molar-refractivity contribution in [3.63, 3.8) is 0 Å². The van der Waals surface area contributed by atoms with Gasteiger partial charge in [0.25, 0.3) is 0 Å². The smallest absolute Gasteiger partial charge is 0.326 e. The maximum atomic E-state index is 12.9. The molecular formula is C23H21F2N7. The van der Waals surface area contributed by atoms with Crippen LogP contribution < -0.4 is 5.32 Å². The van der Waals surface area contributed by atoms with E-state index in [1.54, 1.807) is 6.20 Å². The van der Waals surface area contributed by atoms with Crippen molar-refractivity contribution in [3.8, 4) is 11.3 Å². The van der Waals surface area contributed by atoms with Crippen molar-refractivity contribution in [1.29, 1.82) is 0 Å². The van der Waals surface area contributed by atoms with Gasteiger partial charge in [-0.2, -0.15) is 13.9 Å². The van der Waals surface area contributed by atoms with Gasteiger partial charge in [0, 0.05) is 36.3 Å².